The van der Waals surface area contributed by atoms with Crippen LogP contribution >= 0.6 is 0 Å². The van der Waals surface area contributed by atoms with E-state index in [0.29, 0.717) is 19.1 Å². The van der Waals surface area contributed by atoms with Crippen molar-refractivity contribution in [3.05, 3.63) is 35.4 Å². The monoisotopic (exact) mass is 263 g/mol. The Balaban J connectivity index is 2.78. The lowest BCUT2D eigenvalue weighted by atomic mass is 10.1. The van der Waals surface area contributed by atoms with Gasteiger partial charge in [0.2, 0.25) is 0 Å². The number of ether oxygens (including phenoxy) is 1. The standard InChI is InChI=1S/C16H25NO2/c1-5-14-6-8-15(9-7-14)16(18)17(10-11-19-4)12-13(2)3/h6-9,13H,5,10-12H2,1-4H3. The smallest absolute Gasteiger partial charge is 0.253 e. The first-order chi connectivity index (χ1) is 9.08. The Kier molecular flexibility index (Phi) is 6.57. The fourth-order valence-electron chi connectivity index (χ4n) is 1.98. The lowest BCUT2D eigenvalue weighted by molar-refractivity contribution is 0.0672. The van der Waals surface area contributed by atoms with Gasteiger partial charge in [-0.15, -0.1) is 0 Å². The number of hydrogen-bond donors (Lipinski definition) is 0. The van der Waals surface area contributed by atoms with Gasteiger partial charge in [0.25, 0.3) is 5.91 Å². The SMILES string of the molecule is CCc1ccc(C(=O)N(CCOC)CC(C)C)cc1. The molecule has 1 amide bonds. The number of aryl methyl sites for hydroxylation is 1. The molecule has 0 saturated carbocycles. The van der Waals surface area contributed by atoms with Crippen molar-refractivity contribution < 1.29 is 9.53 Å². The molecule has 3 heteroatoms. The number of hydrogen-bond acceptors (Lipinski definition) is 2. The number of benzene rings is 1. The minimum absolute atomic E-state index is 0.0911. The van der Waals surface area contributed by atoms with E-state index in [4.69, 9.17) is 4.74 Å². The van der Waals surface area contributed by atoms with Crippen molar-refractivity contribution in [1.82, 2.24) is 4.90 Å². The topological polar surface area (TPSA) is 29.5 Å². The van der Waals surface area contributed by atoms with E-state index < -0.39 is 0 Å². The lowest BCUT2D eigenvalue weighted by Gasteiger charge is -2.24. The van der Waals surface area contributed by atoms with Crippen LogP contribution in [0.5, 0.6) is 0 Å². The molecular formula is C16H25NO2. The molecule has 0 fully saturated rings. The largest absolute Gasteiger partial charge is 0.383 e. The molecule has 0 atom stereocenters. The highest BCUT2D eigenvalue weighted by Crippen LogP contribution is 2.10. The second-order valence-electron chi connectivity index (χ2n) is 5.19. The van der Waals surface area contributed by atoms with Crippen molar-refractivity contribution >= 4 is 5.91 Å². The second kappa shape index (κ2) is 7.95. The van der Waals surface area contributed by atoms with Crippen molar-refractivity contribution in [3.8, 4) is 0 Å². The summed E-state index contributed by atoms with van der Waals surface area (Å²) in [5.74, 6) is 0.545. The Morgan fingerprint density at radius 1 is 1.26 bits per heavy atom. The molecule has 0 bridgehead atoms. The van der Waals surface area contributed by atoms with Crippen molar-refractivity contribution in [1.29, 1.82) is 0 Å². The molecule has 0 aliphatic heterocycles. The molecule has 0 unspecified atom stereocenters. The molecular weight excluding hydrogens is 238 g/mol. The highest BCUT2D eigenvalue weighted by Gasteiger charge is 2.16. The molecule has 19 heavy (non-hydrogen) atoms. The van der Waals surface area contributed by atoms with Gasteiger partial charge in [-0.05, 0) is 30.0 Å². The van der Waals surface area contributed by atoms with Gasteiger partial charge in [0, 0.05) is 25.8 Å². The van der Waals surface area contributed by atoms with Gasteiger partial charge >= 0.3 is 0 Å². The lowest BCUT2D eigenvalue weighted by Crippen LogP contribution is -2.36. The first kappa shape index (κ1) is 15.7. The Morgan fingerprint density at radius 3 is 2.37 bits per heavy atom. The van der Waals surface area contributed by atoms with Crippen LogP contribution < -0.4 is 0 Å². The predicted octanol–water partition coefficient (Wildman–Crippen LogP) is 2.99. The molecule has 0 N–H and O–H groups in total. The van der Waals surface area contributed by atoms with Gasteiger partial charge in [-0.3, -0.25) is 4.79 Å². The number of nitrogens with zero attached hydrogens (tertiary/aromatic N) is 1. The van der Waals surface area contributed by atoms with Gasteiger partial charge in [-0.25, -0.2) is 0 Å². The van der Waals surface area contributed by atoms with Crippen LogP contribution in [0.3, 0.4) is 0 Å². The summed E-state index contributed by atoms with van der Waals surface area (Å²) in [5.41, 5.74) is 2.01. The fraction of sp³-hybridized carbons (Fsp3) is 0.562. The van der Waals surface area contributed by atoms with E-state index in [9.17, 15) is 4.79 Å². The van der Waals surface area contributed by atoms with Crippen LogP contribution in [0.1, 0.15) is 36.7 Å². The van der Waals surface area contributed by atoms with Gasteiger partial charge in [0.15, 0.2) is 0 Å². The minimum atomic E-state index is 0.0911. The fourth-order valence-corrected chi connectivity index (χ4v) is 1.98. The summed E-state index contributed by atoms with van der Waals surface area (Å²) in [5, 5.41) is 0. The molecule has 0 spiro atoms. The summed E-state index contributed by atoms with van der Waals surface area (Å²) in [4.78, 5) is 14.3. The highest BCUT2D eigenvalue weighted by molar-refractivity contribution is 5.94. The van der Waals surface area contributed by atoms with E-state index >= 15 is 0 Å². The molecule has 0 heterocycles. The summed E-state index contributed by atoms with van der Waals surface area (Å²) >= 11 is 0. The van der Waals surface area contributed by atoms with E-state index in [0.717, 1.165) is 18.5 Å². The highest BCUT2D eigenvalue weighted by atomic mass is 16.5. The summed E-state index contributed by atoms with van der Waals surface area (Å²) in [6, 6.07) is 7.89. The van der Waals surface area contributed by atoms with Gasteiger partial charge < -0.3 is 9.64 Å². The van der Waals surface area contributed by atoms with Gasteiger partial charge in [-0.2, -0.15) is 0 Å². The Labute approximate surface area is 116 Å². The van der Waals surface area contributed by atoms with E-state index in [1.165, 1.54) is 5.56 Å². The number of carbonyl (C=O) groups excluding carboxylic acids is 1. The maximum Gasteiger partial charge on any atom is 0.253 e. The molecule has 0 radical (unpaired) electrons. The molecule has 0 aliphatic carbocycles. The summed E-state index contributed by atoms with van der Waals surface area (Å²) in [6.07, 6.45) is 0.994. The molecule has 0 saturated heterocycles. The normalized spacial score (nSPS) is 10.8. The third-order valence-electron chi connectivity index (χ3n) is 3.05. The van der Waals surface area contributed by atoms with Crippen LogP contribution in [-0.2, 0) is 11.2 Å². The van der Waals surface area contributed by atoms with Crippen molar-refractivity contribution in [2.45, 2.75) is 27.2 Å². The Hall–Kier alpha value is -1.35. The molecule has 0 aromatic heterocycles. The van der Waals surface area contributed by atoms with E-state index in [1.807, 2.05) is 29.2 Å². The summed E-state index contributed by atoms with van der Waals surface area (Å²) < 4.78 is 5.08. The number of carbonyl (C=O) groups is 1. The minimum Gasteiger partial charge on any atom is -0.383 e. The van der Waals surface area contributed by atoms with Crippen LogP contribution in [0.4, 0.5) is 0 Å². The van der Waals surface area contributed by atoms with Crippen LogP contribution in [0.15, 0.2) is 24.3 Å². The molecule has 1 aromatic rings. The molecule has 0 aliphatic rings. The van der Waals surface area contributed by atoms with Crippen LogP contribution in [0, 0.1) is 5.92 Å². The third kappa shape index (κ3) is 5.03. The van der Waals surface area contributed by atoms with E-state index in [1.54, 1.807) is 7.11 Å². The summed E-state index contributed by atoms with van der Waals surface area (Å²) in [6.45, 7) is 8.33. The second-order valence-corrected chi connectivity index (χ2v) is 5.19. The maximum absolute atomic E-state index is 12.5. The Bertz CT molecular complexity index is 384. The first-order valence-electron chi connectivity index (χ1n) is 6.95. The van der Waals surface area contributed by atoms with Gasteiger partial charge in [0.1, 0.15) is 0 Å². The van der Waals surface area contributed by atoms with Gasteiger partial charge in [0.05, 0.1) is 6.61 Å². The molecule has 3 nitrogen and oxygen atoms in total. The molecule has 106 valence electrons. The number of rotatable bonds is 7. The van der Waals surface area contributed by atoms with Crippen molar-refractivity contribution in [2.24, 2.45) is 5.92 Å². The first-order valence-corrected chi connectivity index (χ1v) is 6.95. The predicted molar refractivity (Wildman–Crippen MR) is 78.4 cm³/mol. The van der Waals surface area contributed by atoms with Crippen LogP contribution in [0.2, 0.25) is 0 Å². The van der Waals surface area contributed by atoms with Crippen molar-refractivity contribution in [2.75, 3.05) is 26.8 Å². The average Bonchev–Trinajstić information content (AvgIpc) is 2.42. The zero-order valence-corrected chi connectivity index (χ0v) is 12.5. The van der Waals surface area contributed by atoms with E-state index in [2.05, 4.69) is 20.8 Å². The Morgan fingerprint density at radius 2 is 1.89 bits per heavy atom. The molecule has 1 rings (SSSR count). The zero-order chi connectivity index (χ0) is 14.3. The quantitative estimate of drug-likeness (QED) is 0.757. The average molecular weight is 263 g/mol. The van der Waals surface area contributed by atoms with Crippen LogP contribution in [-0.4, -0.2) is 37.6 Å². The van der Waals surface area contributed by atoms with Crippen molar-refractivity contribution in [3.63, 3.8) is 0 Å². The maximum atomic E-state index is 12.5. The zero-order valence-electron chi connectivity index (χ0n) is 12.5. The molecule has 1 aromatic carbocycles. The van der Waals surface area contributed by atoms with E-state index in [-0.39, 0.29) is 5.91 Å². The third-order valence-corrected chi connectivity index (χ3v) is 3.05. The number of amides is 1. The number of methoxy groups -OCH3 is 1. The summed E-state index contributed by atoms with van der Waals surface area (Å²) in [7, 11) is 1.66. The van der Waals surface area contributed by atoms with Gasteiger partial charge in [-0.1, -0.05) is 32.9 Å². The van der Waals surface area contributed by atoms with Crippen LogP contribution in [0.25, 0.3) is 0 Å².